The Morgan fingerprint density at radius 3 is 2.63 bits per heavy atom. The van der Waals surface area contributed by atoms with Crippen LogP contribution in [0.1, 0.15) is 10.4 Å². The summed E-state index contributed by atoms with van der Waals surface area (Å²) in [6.45, 7) is -0.572. The van der Waals surface area contributed by atoms with Gasteiger partial charge in [0.2, 0.25) is 0 Å². The number of carbonyl (C=O) groups excluding carboxylic acids is 1. The van der Waals surface area contributed by atoms with Gasteiger partial charge in [0.05, 0.1) is 11.5 Å². The molecule has 0 spiro atoms. The van der Waals surface area contributed by atoms with Gasteiger partial charge >= 0.3 is 5.97 Å². The maximum absolute atomic E-state index is 11.7. The molecule has 3 N–H and O–H groups in total. The summed E-state index contributed by atoms with van der Waals surface area (Å²) in [7, 11) is 0. The molecular formula is C10H9ClN2O6. The van der Waals surface area contributed by atoms with Crippen LogP contribution in [0.4, 0.5) is 5.69 Å². The predicted octanol–water partition coefficient (Wildman–Crippen LogP) is 0.423. The van der Waals surface area contributed by atoms with Crippen molar-refractivity contribution in [3.63, 3.8) is 0 Å². The number of nitro benzene ring substituents is 1. The second-order valence-electron chi connectivity index (χ2n) is 3.48. The van der Waals surface area contributed by atoms with E-state index in [1.54, 1.807) is 0 Å². The Morgan fingerprint density at radius 2 is 2.11 bits per heavy atom. The normalized spacial score (nSPS) is 11.7. The number of halogens is 1. The molecule has 0 radical (unpaired) electrons. The molecule has 0 fully saturated rings. The first kappa shape index (κ1) is 14.9. The number of benzene rings is 1. The largest absolute Gasteiger partial charge is 0.479 e. The van der Waals surface area contributed by atoms with Crippen LogP contribution < -0.4 is 5.32 Å². The molecule has 0 aliphatic carbocycles. The number of hydrogen-bond acceptors (Lipinski definition) is 5. The second-order valence-corrected chi connectivity index (χ2v) is 3.92. The van der Waals surface area contributed by atoms with Crippen molar-refractivity contribution in [2.24, 2.45) is 0 Å². The van der Waals surface area contributed by atoms with Crippen LogP contribution in [0.2, 0.25) is 5.02 Å². The molecule has 9 heteroatoms. The maximum Gasteiger partial charge on any atom is 0.334 e. The van der Waals surface area contributed by atoms with E-state index in [0.29, 0.717) is 0 Å². The van der Waals surface area contributed by atoms with Gasteiger partial charge in [0.15, 0.2) is 6.10 Å². The molecule has 1 rings (SSSR count). The number of aliphatic carboxylic acids is 1. The van der Waals surface area contributed by atoms with Crippen molar-refractivity contribution in [3.05, 3.63) is 38.9 Å². The summed E-state index contributed by atoms with van der Waals surface area (Å²) in [5.74, 6) is -2.41. The first-order valence-electron chi connectivity index (χ1n) is 4.96. The van der Waals surface area contributed by atoms with Gasteiger partial charge in [0, 0.05) is 11.1 Å². The van der Waals surface area contributed by atoms with Gasteiger partial charge in [-0.15, -0.1) is 0 Å². The zero-order valence-electron chi connectivity index (χ0n) is 9.37. The molecule has 102 valence electrons. The number of carboxylic acids is 1. The average molecular weight is 289 g/mol. The Balaban J connectivity index is 2.90. The Hall–Kier alpha value is -2.19. The fourth-order valence-corrected chi connectivity index (χ4v) is 1.39. The minimum absolute atomic E-state index is 0.120. The Kier molecular flexibility index (Phi) is 4.79. The van der Waals surface area contributed by atoms with Crippen LogP contribution in [0.15, 0.2) is 18.2 Å². The molecule has 0 aliphatic rings. The molecule has 19 heavy (non-hydrogen) atoms. The lowest BCUT2D eigenvalue weighted by molar-refractivity contribution is -0.385. The van der Waals surface area contributed by atoms with Gasteiger partial charge in [-0.1, -0.05) is 11.6 Å². The molecule has 1 unspecified atom stereocenters. The average Bonchev–Trinajstić information content (AvgIpc) is 2.34. The van der Waals surface area contributed by atoms with E-state index in [0.717, 1.165) is 12.1 Å². The van der Waals surface area contributed by atoms with Crippen LogP contribution in [-0.4, -0.2) is 39.7 Å². The zero-order chi connectivity index (χ0) is 14.6. The molecule has 0 aliphatic heterocycles. The monoisotopic (exact) mass is 288 g/mol. The Bertz CT molecular complexity index is 533. The van der Waals surface area contributed by atoms with E-state index in [9.17, 15) is 19.7 Å². The van der Waals surface area contributed by atoms with E-state index >= 15 is 0 Å². The number of aliphatic hydroxyl groups excluding tert-OH is 1. The highest BCUT2D eigenvalue weighted by Gasteiger charge is 2.22. The van der Waals surface area contributed by atoms with Crippen LogP contribution >= 0.6 is 11.6 Å². The summed E-state index contributed by atoms with van der Waals surface area (Å²) in [5.41, 5.74) is -0.776. The van der Waals surface area contributed by atoms with Crippen molar-refractivity contribution in [1.82, 2.24) is 5.32 Å². The number of carbonyl (C=O) groups is 2. The van der Waals surface area contributed by atoms with Gasteiger partial charge in [-0.3, -0.25) is 14.9 Å². The van der Waals surface area contributed by atoms with Gasteiger partial charge in [0.25, 0.3) is 11.6 Å². The number of carboxylic acid groups (broad SMARTS) is 1. The van der Waals surface area contributed by atoms with Crippen LogP contribution in [0, 0.1) is 10.1 Å². The third-order valence-electron chi connectivity index (χ3n) is 2.14. The van der Waals surface area contributed by atoms with Crippen LogP contribution in [-0.2, 0) is 4.79 Å². The van der Waals surface area contributed by atoms with Crippen molar-refractivity contribution in [3.8, 4) is 0 Å². The van der Waals surface area contributed by atoms with Crippen molar-refractivity contribution < 1.29 is 24.7 Å². The predicted molar refractivity (Wildman–Crippen MR) is 64.1 cm³/mol. The second kappa shape index (κ2) is 6.12. The minimum atomic E-state index is -1.79. The first-order chi connectivity index (χ1) is 8.82. The lowest BCUT2D eigenvalue weighted by atomic mass is 10.1. The highest BCUT2D eigenvalue weighted by molar-refractivity contribution is 6.31. The Labute approximate surface area is 111 Å². The van der Waals surface area contributed by atoms with Crippen molar-refractivity contribution >= 4 is 29.2 Å². The van der Waals surface area contributed by atoms with Crippen LogP contribution in [0.5, 0.6) is 0 Å². The quantitative estimate of drug-likeness (QED) is 0.532. The summed E-state index contributed by atoms with van der Waals surface area (Å²) in [5, 5.41) is 30.3. The van der Waals surface area contributed by atoms with Gasteiger partial charge in [-0.25, -0.2) is 4.79 Å². The number of rotatable bonds is 5. The standard InChI is InChI=1S/C10H9ClN2O6/c11-5-1-2-7(13(18)19)6(3-5)9(15)12-4-8(14)10(16)17/h1-3,8,14H,4H2,(H,12,15)(H,16,17). The van der Waals surface area contributed by atoms with Crippen molar-refractivity contribution in [2.75, 3.05) is 6.54 Å². The first-order valence-corrected chi connectivity index (χ1v) is 5.33. The summed E-state index contributed by atoms with van der Waals surface area (Å²) in [4.78, 5) is 32.0. The van der Waals surface area contributed by atoms with E-state index in [-0.39, 0.29) is 10.6 Å². The molecule has 1 atom stereocenters. The summed E-state index contributed by atoms with van der Waals surface area (Å²) in [6.07, 6.45) is -1.79. The number of nitrogens with zero attached hydrogens (tertiary/aromatic N) is 1. The molecule has 0 aromatic heterocycles. The lowest BCUT2D eigenvalue weighted by Crippen LogP contribution is -2.36. The maximum atomic E-state index is 11.7. The van der Waals surface area contributed by atoms with E-state index in [1.165, 1.54) is 6.07 Å². The molecular weight excluding hydrogens is 280 g/mol. The molecule has 1 aromatic rings. The number of amides is 1. The van der Waals surface area contributed by atoms with Crippen molar-refractivity contribution in [2.45, 2.75) is 6.10 Å². The number of hydrogen-bond donors (Lipinski definition) is 3. The van der Waals surface area contributed by atoms with E-state index < -0.39 is 35.1 Å². The molecule has 0 saturated heterocycles. The topological polar surface area (TPSA) is 130 Å². The third kappa shape index (κ3) is 3.90. The van der Waals surface area contributed by atoms with Gasteiger partial charge in [-0.05, 0) is 12.1 Å². The SMILES string of the molecule is O=C(NCC(O)C(=O)O)c1cc(Cl)ccc1[N+](=O)[O-]. The summed E-state index contributed by atoms with van der Waals surface area (Å²) >= 11 is 5.63. The molecule has 1 amide bonds. The number of aliphatic hydroxyl groups is 1. The number of nitrogens with one attached hydrogen (secondary N) is 1. The van der Waals surface area contributed by atoms with Crippen molar-refractivity contribution in [1.29, 1.82) is 0 Å². The number of nitro groups is 1. The van der Waals surface area contributed by atoms with Gasteiger partial charge < -0.3 is 15.5 Å². The minimum Gasteiger partial charge on any atom is -0.479 e. The summed E-state index contributed by atoms with van der Waals surface area (Å²) in [6, 6.07) is 3.40. The molecule has 0 saturated carbocycles. The fraction of sp³-hybridized carbons (Fsp3) is 0.200. The zero-order valence-corrected chi connectivity index (χ0v) is 10.1. The smallest absolute Gasteiger partial charge is 0.334 e. The van der Waals surface area contributed by atoms with Gasteiger partial charge in [-0.2, -0.15) is 0 Å². The van der Waals surface area contributed by atoms with Crippen LogP contribution in [0.25, 0.3) is 0 Å². The van der Waals surface area contributed by atoms with E-state index in [1.807, 2.05) is 0 Å². The van der Waals surface area contributed by atoms with Gasteiger partial charge in [0.1, 0.15) is 5.56 Å². The summed E-state index contributed by atoms with van der Waals surface area (Å²) < 4.78 is 0. The highest BCUT2D eigenvalue weighted by atomic mass is 35.5. The Morgan fingerprint density at radius 1 is 1.47 bits per heavy atom. The highest BCUT2D eigenvalue weighted by Crippen LogP contribution is 2.22. The molecule has 1 aromatic carbocycles. The molecule has 0 bridgehead atoms. The lowest BCUT2D eigenvalue weighted by Gasteiger charge is -2.08. The molecule has 0 heterocycles. The van der Waals surface area contributed by atoms with E-state index in [4.69, 9.17) is 21.8 Å². The fourth-order valence-electron chi connectivity index (χ4n) is 1.22. The van der Waals surface area contributed by atoms with E-state index in [2.05, 4.69) is 5.32 Å². The third-order valence-corrected chi connectivity index (χ3v) is 2.38. The van der Waals surface area contributed by atoms with Crippen LogP contribution in [0.3, 0.4) is 0 Å². The molecule has 8 nitrogen and oxygen atoms in total.